The van der Waals surface area contributed by atoms with Gasteiger partial charge in [0.25, 0.3) is 5.91 Å². The van der Waals surface area contributed by atoms with E-state index in [9.17, 15) is 18.0 Å². The molecular weight excluding hydrogens is 409 g/mol. The second kappa shape index (κ2) is 7.49. The molecule has 6 nitrogen and oxygen atoms in total. The molecule has 2 aromatic carbocycles. The smallest absolute Gasteiger partial charge is 0.331 e. The Hall–Kier alpha value is -3.20. The molecule has 0 bridgehead atoms. The van der Waals surface area contributed by atoms with Gasteiger partial charge in [-0.2, -0.15) is 18.2 Å². The van der Waals surface area contributed by atoms with Crippen molar-refractivity contribution in [2.45, 2.75) is 31.1 Å². The topological polar surface area (TPSA) is 71.3 Å². The van der Waals surface area contributed by atoms with E-state index < -0.39 is 12.1 Å². The van der Waals surface area contributed by atoms with E-state index in [1.807, 2.05) is 23.1 Å². The maximum atomic E-state index is 13.3. The first kappa shape index (κ1) is 19.7. The Bertz CT molecular complexity index is 1110. The summed E-state index contributed by atoms with van der Waals surface area (Å²) in [5.74, 6) is -1.55. The average molecular weight is 428 g/mol. The molecule has 1 aromatic heterocycles. The standard InChI is InChI=1S/C22H19F3N4O2/c23-22(24,25)21-27-19(28-31-21)14-6-7-15-12-29(20(30)16(15)10-14)18-8-9-26-11-17(18)13-4-2-1-3-5-13/h1-7,10,17-18,26H,8-9,11-12H2/t17-,18?/m1/s1. The highest BCUT2D eigenvalue weighted by molar-refractivity contribution is 5.99. The zero-order valence-electron chi connectivity index (χ0n) is 16.4. The fourth-order valence-electron chi connectivity index (χ4n) is 4.44. The number of fused-ring (bicyclic) bond motifs is 1. The van der Waals surface area contributed by atoms with Crippen LogP contribution < -0.4 is 5.32 Å². The van der Waals surface area contributed by atoms with Crippen LogP contribution >= 0.6 is 0 Å². The number of hydrogen-bond acceptors (Lipinski definition) is 5. The Labute approximate surface area is 176 Å². The van der Waals surface area contributed by atoms with Crippen molar-refractivity contribution >= 4 is 5.91 Å². The first-order valence-corrected chi connectivity index (χ1v) is 10.0. The fraction of sp³-hybridized carbons (Fsp3) is 0.318. The van der Waals surface area contributed by atoms with Gasteiger partial charge in [-0.15, -0.1) is 0 Å². The van der Waals surface area contributed by atoms with E-state index in [4.69, 9.17) is 0 Å². The van der Waals surface area contributed by atoms with E-state index in [1.54, 1.807) is 18.2 Å². The average Bonchev–Trinajstić information content (AvgIpc) is 3.40. The van der Waals surface area contributed by atoms with Gasteiger partial charge in [0.15, 0.2) is 0 Å². The number of alkyl halides is 3. The summed E-state index contributed by atoms with van der Waals surface area (Å²) < 4.78 is 42.6. The molecule has 9 heteroatoms. The van der Waals surface area contributed by atoms with E-state index in [0.29, 0.717) is 17.7 Å². The van der Waals surface area contributed by atoms with Gasteiger partial charge in [-0.3, -0.25) is 4.79 Å². The Morgan fingerprint density at radius 1 is 1.13 bits per heavy atom. The van der Waals surface area contributed by atoms with Gasteiger partial charge in [-0.05, 0) is 30.2 Å². The number of nitrogens with zero attached hydrogens (tertiary/aromatic N) is 3. The Balaban J connectivity index is 1.43. The van der Waals surface area contributed by atoms with E-state index in [2.05, 4.69) is 32.1 Å². The van der Waals surface area contributed by atoms with Crippen LogP contribution in [0.15, 0.2) is 53.1 Å². The number of piperidine rings is 1. The molecule has 2 aliphatic heterocycles. The third-order valence-electron chi connectivity index (χ3n) is 5.94. The second-order valence-corrected chi connectivity index (χ2v) is 7.80. The largest absolute Gasteiger partial charge is 0.471 e. The Morgan fingerprint density at radius 2 is 1.94 bits per heavy atom. The Kier molecular flexibility index (Phi) is 4.77. The normalized spacial score (nSPS) is 21.4. The van der Waals surface area contributed by atoms with Crippen molar-refractivity contribution in [2.75, 3.05) is 13.1 Å². The number of rotatable bonds is 3. The van der Waals surface area contributed by atoms with E-state index in [0.717, 1.165) is 25.1 Å². The van der Waals surface area contributed by atoms with Crippen LogP contribution in [0.5, 0.6) is 0 Å². The first-order valence-electron chi connectivity index (χ1n) is 10.0. The molecule has 0 spiro atoms. The van der Waals surface area contributed by atoms with Crippen molar-refractivity contribution in [3.05, 3.63) is 71.1 Å². The summed E-state index contributed by atoms with van der Waals surface area (Å²) in [6, 6.07) is 15.1. The predicted molar refractivity (Wildman–Crippen MR) is 105 cm³/mol. The number of hydrogen-bond donors (Lipinski definition) is 1. The van der Waals surface area contributed by atoms with Gasteiger partial charge in [0, 0.05) is 36.2 Å². The summed E-state index contributed by atoms with van der Waals surface area (Å²) in [5, 5.41) is 6.84. The number of benzene rings is 2. The first-order chi connectivity index (χ1) is 14.9. The van der Waals surface area contributed by atoms with Gasteiger partial charge in [0.05, 0.1) is 0 Å². The molecule has 1 N–H and O–H groups in total. The highest BCUT2D eigenvalue weighted by Gasteiger charge is 2.40. The number of carbonyl (C=O) groups excluding carboxylic acids is 1. The van der Waals surface area contributed by atoms with E-state index in [-0.39, 0.29) is 23.7 Å². The summed E-state index contributed by atoms with van der Waals surface area (Å²) in [6.45, 7) is 2.08. The zero-order chi connectivity index (χ0) is 21.6. The minimum Gasteiger partial charge on any atom is -0.331 e. The number of nitrogens with one attached hydrogen (secondary N) is 1. The lowest BCUT2D eigenvalue weighted by Crippen LogP contribution is -2.48. The van der Waals surface area contributed by atoms with E-state index in [1.165, 1.54) is 5.56 Å². The SMILES string of the molecule is O=C1c2cc(-c3noc(C(F)(F)F)n3)ccc2CN1C1CCNC[C@@H]1c1ccccc1. The lowest BCUT2D eigenvalue weighted by Gasteiger charge is -2.38. The second-order valence-electron chi connectivity index (χ2n) is 7.80. The van der Waals surface area contributed by atoms with Gasteiger partial charge in [-0.1, -0.05) is 47.6 Å². The molecule has 0 aliphatic carbocycles. The van der Waals surface area contributed by atoms with Crippen LogP contribution in [0.1, 0.15) is 39.7 Å². The third-order valence-corrected chi connectivity index (χ3v) is 5.94. The molecule has 3 aromatic rings. The molecule has 2 atom stereocenters. The lowest BCUT2D eigenvalue weighted by atomic mass is 9.86. The van der Waals surface area contributed by atoms with Crippen molar-refractivity contribution in [1.29, 1.82) is 0 Å². The monoisotopic (exact) mass is 428 g/mol. The molecule has 5 rings (SSSR count). The fourth-order valence-corrected chi connectivity index (χ4v) is 4.44. The molecule has 3 heterocycles. The molecular formula is C22H19F3N4O2. The molecule has 0 radical (unpaired) electrons. The number of amides is 1. The van der Waals surface area contributed by atoms with Crippen molar-refractivity contribution in [3.8, 4) is 11.4 Å². The summed E-state index contributed by atoms with van der Waals surface area (Å²) >= 11 is 0. The molecule has 1 fully saturated rings. The van der Waals surface area contributed by atoms with Crippen molar-refractivity contribution in [3.63, 3.8) is 0 Å². The number of halogens is 3. The van der Waals surface area contributed by atoms with Crippen LogP contribution in [-0.4, -0.2) is 40.1 Å². The van der Waals surface area contributed by atoms with Crippen LogP contribution in [-0.2, 0) is 12.7 Å². The minimum atomic E-state index is -4.71. The molecule has 160 valence electrons. The summed E-state index contributed by atoms with van der Waals surface area (Å²) in [4.78, 5) is 18.6. The Morgan fingerprint density at radius 3 is 2.68 bits per heavy atom. The van der Waals surface area contributed by atoms with Gasteiger partial charge in [0.2, 0.25) is 5.82 Å². The number of carbonyl (C=O) groups is 1. The maximum Gasteiger partial charge on any atom is 0.471 e. The minimum absolute atomic E-state index is 0.0361. The van der Waals surface area contributed by atoms with Gasteiger partial charge < -0.3 is 14.7 Å². The van der Waals surface area contributed by atoms with Crippen molar-refractivity contribution in [2.24, 2.45) is 0 Å². The molecule has 0 saturated carbocycles. The molecule has 1 amide bonds. The molecule has 1 saturated heterocycles. The van der Waals surface area contributed by atoms with Crippen molar-refractivity contribution in [1.82, 2.24) is 20.4 Å². The van der Waals surface area contributed by atoms with Crippen LogP contribution in [0.3, 0.4) is 0 Å². The third kappa shape index (κ3) is 3.59. The van der Waals surface area contributed by atoms with Crippen molar-refractivity contribution < 1.29 is 22.5 Å². The molecule has 2 aliphatic rings. The maximum absolute atomic E-state index is 13.3. The highest BCUT2D eigenvalue weighted by atomic mass is 19.4. The van der Waals surface area contributed by atoms with Crippen LogP contribution in [0.25, 0.3) is 11.4 Å². The lowest BCUT2D eigenvalue weighted by molar-refractivity contribution is -0.159. The molecule has 31 heavy (non-hydrogen) atoms. The quantitative estimate of drug-likeness (QED) is 0.686. The predicted octanol–water partition coefficient (Wildman–Crippen LogP) is 3.86. The number of aromatic nitrogens is 2. The van der Waals surface area contributed by atoms with Crippen LogP contribution in [0, 0.1) is 0 Å². The van der Waals surface area contributed by atoms with Gasteiger partial charge >= 0.3 is 12.1 Å². The summed E-state index contributed by atoms with van der Waals surface area (Å²) in [6.07, 6.45) is -3.89. The van der Waals surface area contributed by atoms with Crippen LogP contribution in [0.2, 0.25) is 0 Å². The molecule has 1 unspecified atom stereocenters. The van der Waals surface area contributed by atoms with Gasteiger partial charge in [0.1, 0.15) is 0 Å². The zero-order valence-corrected chi connectivity index (χ0v) is 16.4. The van der Waals surface area contributed by atoms with Crippen LogP contribution in [0.4, 0.5) is 13.2 Å². The highest BCUT2D eigenvalue weighted by Crippen LogP contribution is 2.36. The van der Waals surface area contributed by atoms with Gasteiger partial charge in [-0.25, -0.2) is 0 Å². The summed E-state index contributed by atoms with van der Waals surface area (Å²) in [7, 11) is 0. The summed E-state index contributed by atoms with van der Waals surface area (Å²) in [5.41, 5.74) is 2.81. The van der Waals surface area contributed by atoms with E-state index >= 15 is 0 Å².